The number of fused-ring (bicyclic) bond motifs is 1. The van der Waals surface area contributed by atoms with E-state index in [0.29, 0.717) is 22.7 Å². The largest absolute Gasteiger partial charge is 0.384 e. The van der Waals surface area contributed by atoms with Crippen molar-refractivity contribution in [1.29, 1.82) is 10.7 Å². The molecule has 3 aromatic rings. The molecule has 0 atom stereocenters. The number of anilines is 2. The summed E-state index contributed by atoms with van der Waals surface area (Å²) in [5, 5.41) is 30.8. The molecular formula is C16H14N8S. The molecule has 5 N–H and O–H groups in total. The Bertz CT molecular complexity index is 971. The molecule has 0 aliphatic carbocycles. The minimum Gasteiger partial charge on any atom is -0.384 e. The maximum absolute atomic E-state index is 9.29. The smallest absolute Gasteiger partial charge is 0.179 e. The Morgan fingerprint density at radius 2 is 2.20 bits per heavy atom. The second-order valence-electron chi connectivity index (χ2n) is 5.00. The third kappa shape index (κ3) is 3.94. The van der Waals surface area contributed by atoms with E-state index >= 15 is 0 Å². The topological polar surface area (TPSA) is 140 Å². The molecule has 124 valence electrons. The van der Waals surface area contributed by atoms with Gasteiger partial charge in [-0.3, -0.25) is 0 Å². The summed E-state index contributed by atoms with van der Waals surface area (Å²) in [4.78, 5) is 4.85. The number of rotatable bonds is 6. The van der Waals surface area contributed by atoms with Gasteiger partial charge in [-0.25, -0.2) is 10.1 Å². The van der Waals surface area contributed by atoms with Crippen molar-refractivity contribution in [3.63, 3.8) is 0 Å². The number of para-hydroxylation sites is 1. The van der Waals surface area contributed by atoms with Crippen LogP contribution in [0.15, 0.2) is 53.1 Å². The van der Waals surface area contributed by atoms with Gasteiger partial charge in [0.2, 0.25) is 0 Å². The van der Waals surface area contributed by atoms with Crippen molar-refractivity contribution in [1.82, 2.24) is 20.4 Å². The molecule has 2 heterocycles. The zero-order valence-corrected chi connectivity index (χ0v) is 13.8. The zero-order valence-electron chi connectivity index (χ0n) is 13.0. The Balaban J connectivity index is 1.70. The summed E-state index contributed by atoms with van der Waals surface area (Å²) in [7, 11) is 0. The van der Waals surface area contributed by atoms with Crippen LogP contribution in [0.3, 0.4) is 0 Å². The molecule has 0 fully saturated rings. The SMILES string of the molecule is N#C/C(=C/Nc1ccccc1)C(=N)CSc1cc(N)nc2[nH]nnc12. The fourth-order valence-electron chi connectivity index (χ4n) is 2.05. The molecule has 2 aromatic heterocycles. The third-order valence-corrected chi connectivity index (χ3v) is 4.31. The summed E-state index contributed by atoms with van der Waals surface area (Å²) in [5.41, 5.74) is 8.16. The number of H-pyrrole nitrogens is 1. The molecule has 3 rings (SSSR count). The summed E-state index contributed by atoms with van der Waals surface area (Å²) in [6.45, 7) is 0. The molecular weight excluding hydrogens is 336 g/mol. The van der Waals surface area contributed by atoms with Crippen LogP contribution in [-0.4, -0.2) is 31.9 Å². The molecule has 0 bridgehead atoms. The fraction of sp³-hybridized carbons (Fsp3) is 0.0625. The van der Waals surface area contributed by atoms with Gasteiger partial charge in [0, 0.05) is 22.5 Å². The Hall–Kier alpha value is -3.38. The first kappa shape index (κ1) is 16.5. The quantitative estimate of drug-likeness (QED) is 0.304. The van der Waals surface area contributed by atoms with Crippen molar-refractivity contribution in [2.24, 2.45) is 0 Å². The maximum Gasteiger partial charge on any atom is 0.179 e. The van der Waals surface area contributed by atoms with E-state index in [1.807, 2.05) is 36.4 Å². The number of thioether (sulfide) groups is 1. The Labute approximate surface area is 147 Å². The van der Waals surface area contributed by atoms with Crippen LogP contribution in [0.25, 0.3) is 11.2 Å². The molecule has 0 aliphatic rings. The molecule has 0 aliphatic heterocycles. The number of hydrogen-bond donors (Lipinski definition) is 4. The summed E-state index contributed by atoms with van der Waals surface area (Å²) < 4.78 is 0. The van der Waals surface area contributed by atoms with Crippen LogP contribution < -0.4 is 11.1 Å². The lowest BCUT2D eigenvalue weighted by Gasteiger charge is -2.05. The van der Waals surface area contributed by atoms with Crippen LogP contribution in [0.1, 0.15) is 0 Å². The summed E-state index contributed by atoms with van der Waals surface area (Å²) in [6.07, 6.45) is 1.53. The number of nitriles is 1. The molecule has 0 saturated heterocycles. The van der Waals surface area contributed by atoms with Gasteiger partial charge in [-0.1, -0.05) is 23.4 Å². The maximum atomic E-state index is 9.29. The number of nitrogens with two attached hydrogens (primary N) is 1. The van der Waals surface area contributed by atoms with E-state index in [0.717, 1.165) is 10.6 Å². The normalized spacial score (nSPS) is 11.2. The molecule has 9 heteroatoms. The number of nitrogens with zero attached hydrogens (tertiary/aromatic N) is 4. The average Bonchev–Trinajstić information content (AvgIpc) is 3.09. The number of aromatic nitrogens is 4. The van der Waals surface area contributed by atoms with Gasteiger partial charge in [0.05, 0.1) is 11.3 Å². The van der Waals surface area contributed by atoms with Gasteiger partial charge < -0.3 is 16.5 Å². The van der Waals surface area contributed by atoms with Crippen molar-refractivity contribution in [2.45, 2.75) is 4.90 Å². The Morgan fingerprint density at radius 3 is 2.96 bits per heavy atom. The first-order chi connectivity index (χ1) is 12.2. The Kier molecular flexibility index (Phi) is 4.92. The number of pyridine rings is 1. The van der Waals surface area contributed by atoms with Crippen molar-refractivity contribution in [3.8, 4) is 6.07 Å². The first-order valence-electron chi connectivity index (χ1n) is 7.27. The number of allylic oxidation sites excluding steroid dienone is 1. The fourth-order valence-corrected chi connectivity index (χ4v) is 2.98. The lowest BCUT2D eigenvalue weighted by molar-refractivity contribution is 0.953. The number of nitrogens with one attached hydrogen (secondary N) is 3. The zero-order chi connectivity index (χ0) is 17.6. The standard InChI is InChI=1S/C16H14N8S/c17-7-10(8-20-11-4-2-1-3-5-11)12(18)9-25-13-6-14(19)21-16-15(13)22-24-23-16/h1-6,8,18,20H,9H2,(H3,19,21,22,23,24)/b10-8-,18-12?. The summed E-state index contributed by atoms with van der Waals surface area (Å²) >= 11 is 1.36. The molecule has 0 spiro atoms. The predicted molar refractivity (Wildman–Crippen MR) is 98.3 cm³/mol. The third-order valence-electron chi connectivity index (χ3n) is 3.26. The van der Waals surface area contributed by atoms with Gasteiger partial charge in [0.1, 0.15) is 17.4 Å². The van der Waals surface area contributed by atoms with E-state index in [1.165, 1.54) is 18.0 Å². The lowest BCUT2D eigenvalue weighted by atomic mass is 10.2. The highest BCUT2D eigenvalue weighted by Crippen LogP contribution is 2.26. The molecule has 0 unspecified atom stereocenters. The van der Waals surface area contributed by atoms with Crippen LogP contribution in [0.2, 0.25) is 0 Å². The van der Waals surface area contributed by atoms with E-state index < -0.39 is 0 Å². The Morgan fingerprint density at radius 1 is 1.40 bits per heavy atom. The van der Waals surface area contributed by atoms with Crippen LogP contribution >= 0.6 is 11.8 Å². The summed E-state index contributed by atoms with van der Waals surface area (Å²) in [6, 6.07) is 13.2. The van der Waals surface area contributed by atoms with Gasteiger partial charge in [0.25, 0.3) is 0 Å². The molecule has 0 saturated carbocycles. The number of nitrogen functional groups attached to an aromatic ring is 1. The minimum absolute atomic E-state index is 0.197. The molecule has 25 heavy (non-hydrogen) atoms. The van der Waals surface area contributed by atoms with Crippen LogP contribution in [0.4, 0.5) is 11.5 Å². The minimum atomic E-state index is 0.197. The van der Waals surface area contributed by atoms with Crippen LogP contribution in [-0.2, 0) is 0 Å². The van der Waals surface area contributed by atoms with Gasteiger partial charge in [-0.05, 0) is 18.2 Å². The van der Waals surface area contributed by atoms with E-state index in [2.05, 4.69) is 25.7 Å². The van der Waals surface area contributed by atoms with Gasteiger partial charge >= 0.3 is 0 Å². The molecule has 0 radical (unpaired) electrons. The number of hydrogen-bond acceptors (Lipinski definition) is 8. The van der Waals surface area contributed by atoms with Crippen molar-refractivity contribution in [3.05, 3.63) is 48.2 Å². The lowest BCUT2D eigenvalue weighted by Crippen LogP contribution is -2.05. The van der Waals surface area contributed by atoms with Crippen LogP contribution in [0, 0.1) is 16.7 Å². The van der Waals surface area contributed by atoms with Crippen LogP contribution in [0.5, 0.6) is 0 Å². The second-order valence-corrected chi connectivity index (χ2v) is 6.02. The van der Waals surface area contributed by atoms with E-state index in [9.17, 15) is 5.26 Å². The van der Waals surface area contributed by atoms with Gasteiger partial charge in [0.15, 0.2) is 5.65 Å². The van der Waals surface area contributed by atoms with Crippen molar-refractivity contribution in [2.75, 3.05) is 16.8 Å². The monoisotopic (exact) mass is 350 g/mol. The molecule has 0 amide bonds. The van der Waals surface area contributed by atoms with Gasteiger partial charge in [-0.2, -0.15) is 5.26 Å². The molecule has 1 aromatic carbocycles. The highest BCUT2D eigenvalue weighted by molar-refractivity contribution is 8.00. The highest BCUT2D eigenvalue weighted by Gasteiger charge is 2.11. The average molecular weight is 350 g/mol. The first-order valence-corrected chi connectivity index (χ1v) is 8.25. The van der Waals surface area contributed by atoms with E-state index in [1.54, 1.807) is 6.07 Å². The number of aromatic amines is 1. The summed E-state index contributed by atoms with van der Waals surface area (Å²) in [5.74, 6) is 0.635. The van der Waals surface area contributed by atoms with E-state index in [4.69, 9.17) is 11.1 Å². The predicted octanol–water partition coefficient (Wildman–Crippen LogP) is 2.57. The van der Waals surface area contributed by atoms with Gasteiger partial charge in [-0.15, -0.1) is 16.9 Å². The van der Waals surface area contributed by atoms with Crippen molar-refractivity contribution >= 4 is 40.1 Å². The van der Waals surface area contributed by atoms with Crippen molar-refractivity contribution < 1.29 is 0 Å². The van der Waals surface area contributed by atoms with E-state index in [-0.39, 0.29) is 11.3 Å². The molecule has 8 nitrogen and oxygen atoms in total. The number of benzene rings is 1. The highest BCUT2D eigenvalue weighted by atomic mass is 32.2. The second kappa shape index (κ2) is 7.46.